The Kier molecular flexibility index (Phi) is 5.49. The van der Waals surface area contributed by atoms with E-state index in [1.165, 1.54) is 0 Å². The van der Waals surface area contributed by atoms with Gasteiger partial charge in [-0.25, -0.2) is 0 Å². The molecule has 0 atom stereocenters. The average molecular weight is 237 g/mol. The molecule has 0 unspecified atom stereocenters. The number of rotatable bonds is 7. The van der Waals surface area contributed by atoms with Crippen LogP contribution in [0.1, 0.15) is 23.7 Å². The van der Waals surface area contributed by atoms with Gasteiger partial charge in [-0.05, 0) is 24.7 Å². The molecule has 0 spiro atoms. The molecule has 0 aliphatic carbocycles. The minimum Gasteiger partial charge on any atom is -0.493 e. The van der Waals surface area contributed by atoms with Crippen molar-refractivity contribution in [2.24, 2.45) is 0 Å². The van der Waals surface area contributed by atoms with Crippen molar-refractivity contribution in [2.45, 2.75) is 13.3 Å². The summed E-state index contributed by atoms with van der Waals surface area (Å²) in [5.74, 6) is 1.32. The van der Waals surface area contributed by atoms with Crippen LogP contribution in [-0.2, 0) is 0 Å². The van der Waals surface area contributed by atoms with Gasteiger partial charge in [0.25, 0.3) is 0 Å². The number of Topliss-reactive ketones (excluding diaryl/α,β-unsaturated/α-hetero) is 1. The van der Waals surface area contributed by atoms with E-state index in [2.05, 4.69) is 5.32 Å². The lowest BCUT2D eigenvalue weighted by Crippen LogP contribution is -2.17. The van der Waals surface area contributed by atoms with E-state index in [1.807, 2.05) is 6.92 Å². The second-order valence-electron chi connectivity index (χ2n) is 3.60. The molecule has 0 bridgehead atoms. The molecular formula is C13H19NO3. The molecule has 1 aromatic carbocycles. The molecular weight excluding hydrogens is 218 g/mol. The summed E-state index contributed by atoms with van der Waals surface area (Å²) < 4.78 is 10.3. The second kappa shape index (κ2) is 6.91. The fraction of sp³-hybridized carbons (Fsp3) is 0.462. The van der Waals surface area contributed by atoms with Crippen molar-refractivity contribution in [3.8, 4) is 11.5 Å². The summed E-state index contributed by atoms with van der Waals surface area (Å²) in [4.78, 5) is 11.9. The van der Waals surface area contributed by atoms with E-state index >= 15 is 0 Å². The van der Waals surface area contributed by atoms with Crippen molar-refractivity contribution < 1.29 is 14.3 Å². The molecule has 0 aromatic heterocycles. The first-order valence-electron chi connectivity index (χ1n) is 5.68. The Hall–Kier alpha value is -1.55. The Morgan fingerprint density at radius 3 is 2.53 bits per heavy atom. The van der Waals surface area contributed by atoms with E-state index in [0.29, 0.717) is 30.0 Å². The molecule has 1 rings (SSSR count). The molecule has 0 heterocycles. The van der Waals surface area contributed by atoms with Crippen molar-refractivity contribution in [3.63, 3.8) is 0 Å². The summed E-state index contributed by atoms with van der Waals surface area (Å²) in [6, 6.07) is 5.22. The summed E-state index contributed by atoms with van der Waals surface area (Å²) in [5.41, 5.74) is 0.653. The van der Waals surface area contributed by atoms with Crippen LogP contribution in [0.5, 0.6) is 11.5 Å². The van der Waals surface area contributed by atoms with E-state index in [-0.39, 0.29) is 5.78 Å². The molecule has 94 valence electrons. The Balaban J connectivity index is 2.74. The number of methoxy groups -OCH3 is 2. The quantitative estimate of drug-likeness (QED) is 0.581. The summed E-state index contributed by atoms with van der Waals surface area (Å²) in [6.07, 6.45) is 0.489. The van der Waals surface area contributed by atoms with Crippen molar-refractivity contribution in [1.29, 1.82) is 0 Å². The highest BCUT2D eigenvalue weighted by Gasteiger charge is 2.10. The topological polar surface area (TPSA) is 47.6 Å². The first-order valence-corrected chi connectivity index (χ1v) is 5.68. The molecule has 0 fully saturated rings. The van der Waals surface area contributed by atoms with E-state index in [9.17, 15) is 4.79 Å². The highest BCUT2D eigenvalue weighted by atomic mass is 16.5. The van der Waals surface area contributed by atoms with E-state index in [4.69, 9.17) is 9.47 Å². The molecule has 0 saturated carbocycles. The van der Waals surface area contributed by atoms with Crippen LogP contribution in [-0.4, -0.2) is 33.1 Å². The third-order valence-corrected chi connectivity index (χ3v) is 2.48. The maximum absolute atomic E-state index is 11.9. The first-order chi connectivity index (χ1) is 8.22. The maximum atomic E-state index is 11.9. The molecule has 1 N–H and O–H groups in total. The van der Waals surface area contributed by atoms with Crippen LogP contribution in [0.2, 0.25) is 0 Å². The molecule has 0 radical (unpaired) electrons. The van der Waals surface area contributed by atoms with E-state index < -0.39 is 0 Å². The number of benzene rings is 1. The summed E-state index contributed by atoms with van der Waals surface area (Å²) in [7, 11) is 3.13. The van der Waals surface area contributed by atoms with Gasteiger partial charge in [0.15, 0.2) is 17.3 Å². The molecule has 4 heteroatoms. The van der Waals surface area contributed by atoms with Crippen LogP contribution in [0.4, 0.5) is 0 Å². The standard InChI is InChI=1S/C13H19NO3/c1-4-14-8-7-11(15)10-5-6-12(16-2)13(9-10)17-3/h5-6,9,14H,4,7-8H2,1-3H3. The second-order valence-corrected chi connectivity index (χ2v) is 3.60. The molecule has 4 nitrogen and oxygen atoms in total. The molecule has 0 aliphatic rings. The van der Waals surface area contributed by atoms with Gasteiger partial charge in [0, 0.05) is 18.5 Å². The third-order valence-electron chi connectivity index (χ3n) is 2.48. The number of carbonyl (C=O) groups excluding carboxylic acids is 1. The minimum atomic E-state index is 0.104. The van der Waals surface area contributed by atoms with Crippen molar-refractivity contribution in [1.82, 2.24) is 5.32 Å². The van der Waals surface area contributed by atoms with Gasteiger partial charge in [-0.2, -0.15) is 0 Å². The number of ether oxygens (including phenoxy) is 2. The molecule has 0 aliphatic heterocycles. The van der Waals surface area contributed by atoms with Gasteiger partial charge in [0.1, 0.15) is 0 Å². The Morgan fingerprint density at radius 1 is 1.24 bits per heavy atom. The third kappa shape index (κ3) is 3.75. The fourth-order valence-electron chi connectivity index (χ4n) is 1.53. The number of carbonyl (C=O) groups is 1. The maximum Gasteiger partial charge on any atom is 0.164 e. The molecule has 0 saturated heterocycles. The Morgan fingerprint density at radius 2 is 1.94 bits per heavy atom. The van der Waals surface area contributed by atoms with Gasteiger partial charge in [-0.1, -0.05) is 6.92 Å². The zero-order valence-corrected chi connectivity index (χ0v) is 10.6. The largest absolute Gasteiger partial charge is 0.493 e. The molecule has 1 aromatic rings. The van der Waals surface area contributed by atoms with Crippen molar-refractivity contribution in [2.75, 3.05) is 27.3 Å². The van der Waals surface area contributed by atoms with Crippen LogP contribution in [0.25, 0.3) is 0 Å². The van der Waals surface area contributed by atoms with E-state index in [1.54, 1.807) is 32.4 Å². The Bertz CT molecular complexity index is 377. The molecule has 0 amide bonds. The normalized spacial score (nSPS) is 10.1. The van der Waals surface area contributed by atoms with Crippen LogP contribution in [0, 0.1) is 0 Å². The van der Waals surface area contributed by atoms with Crippen LogP contribution in [0.3, 0.4) is 0 Å². The van der Waals surface area contributed by atoms with Crippen molar-refractivity contribution in [3.05, 3.63) is 23.8 Å². The Labute approximate surface area is 102 Å². The van der Waals surface area contributed by atoms with Gasteiger partial charge >= 0.3 is 0 Å². The predicted octanol–water partition coefficient (Wildman–Crippen LogP) is 1.89. The van der Waals surface area contributed by atoms with Gasteiger partial charge in [0.2, 0.25) is 0 Å². The van der Waals surface area contributed by atoms with Crippen LogP contribution in [0.15, 0.2) is 18.2 Å². The lowest BCUT2D eigenvalue weighted by atomic mass is 10.1. The van der Waals surface area contributed by atoms with Crippen molar-refractivity contribution >= 4 is 5.78 Å². The lowest BCUT2D eigenvalue weighted by Gasteiger charge is -2.09. The fourth-order valence-corrected chi connectivity index (χ4v) is 1.53. The average Bonchev–Trinajstić information content (AvgIpc) is 2.38. The van der Waals surface area contributed by atoms with Gasteiger partial charge in [-0.3, -0.25) is 4.79 Å². The van der Waals surface area contributed by atoms with E-state index in [0.717, 1.165) is 6.54 Å². The smallest absolute Gasteiger partial charge is 0.164 e. The predicted molar refractivity (Wildman–Crippen MR) is 67.0 cm³/mol. The summed E-state index contributed by atoms with van der Waals surface area (Å²) >= 11 is 0. The highest BCUT2D eigenvalue weighted by molar-refractivity contribution is 5.96. The first kappa shape index (κ1) is 13.5. The zero-order chi connectivity index (χ0) is 12.7. The minimum absolute atomic E-state index is 0.104. The van der Waals surface area contributed by atoms with Crippen LogP contribution < -0.4 is 14.8 Å². The number of hydrogen-bond donors (Lipinski definition) is 1. The van der Waals surface area contributed by atoms with Gasteiger partial charge in [0.05, 0.1) is 14.2 Å². The van der Waals surface area contributed by atoms with Gasteiger partial charge < -0.3 is 14.8 Å². The number of ketones is 1. The van der Waals surface area contributed by atoms with Crippen LogP contribution >= 0.6 is 0 Å². The monoisotopic (exact) mass is 237 g/mol. The SMILES string of the molecule is CCNCCC(=O)c1ccc(OC)c(OC)c1. The summed E-state index contributed by atoms with van der Waals surface area (Å²) in [5, 5.41) is 3.12. The van der Waals surface area contributed by atoms with Gasteiger partial charge in [-0.15, -0.1) is 0 Å². The number of hydrogen-bond acceptors (Lipinski definition) is 4. The number of nitrogens with one attached hydrogen (secondary N) is 1. The zero-order valence-electron chi connectivity index (χ0n) is 10.6. The lowest BCUT2D eigenvalue weighted by molar-refractivity contribution is 0.0982. The summed E-state index contributed by atoms with van der Waals surface area (Å²) in [6.45, 7) is 3.59. The highest BCUT2D eigenvalue weighted by Crippen LogP contribution is 2.27. The molecule has 17 heavy (non-hydrogen) atoms.